The SMILES string of the molecule is BC1=CCC(CC(=O)OCC)CC1. The maximum Gasteiger partial charge on any atom is 0.306 e. The van der Waals surface area contributed by atoms with Crippen molar-refractivity contribution in [3.63, 3.8) is 0 Å². The summed E-state index contributed by atoms with van der Waals surface area (Å²) in [6.45, 7) is 2.35. The van der Waals surface area contributed by atoms with E-state index in [-0.39, 0.29) is 5.97 Å². The molecule has 0 amide bonds. The van der Waals surface area contributed by atoms with Gasteiger partial charge in [-0.25, -0.2) is 0 Å². The van der Waals surface area contributed by atoms with E-state index in [1.165, 1.54) is 5.47 Å². The van der Waals surface area contributed by atoms with Crippen molar-refractivity contribution in [1.29, 1.82) is 0 Å². The lowest BCUT2D eigenvalue weighted by Crippen LogP contribution is -2.13. The van der Waals surface area contributed by atoms with Gasteiger partial charge in [-0.1, -0.05) is 6.08 Å². The second kappa shape index (κ2) is 5.10. The zero-order chi connectivity index (χ0) is 9.68. The van der Waals surface area contributed by atoms with Crippen LogP contribution >= 0.6 is 0 Å². The van der Waals surface area contributed by atoms with Crippen LogP contribution < -0.4 is 0 Å². The largest absolute Gasteiger partial charge is 0.466 e. The van der Waals surface area contributed by atoms with Gasteiger partial charge in [0.1, 0.15) is 7.85 Å². The monoisotopic (exact) mass is 180 g/mol. The second-order valence-electron chi connectivity index (χ2n) is 3.70. The highest BCUT2D eigenvalue weighted by Gasteiger charge is 2.16. The number of hydrogen-bond acceptors (Lipinski definition) is 2. The van der Waals surface area contributed by atoms with E-state index >= 15 is 0 Å². The minimum Gasteiger partial charge on any atom is -0.466 e. The Morgan fingerprint density at radius 2 is 2.54 bits per heavy atom. The lowest BCUT2D eigenvalue weighted by Gasteiger charge is -2.19. The Hall–Kier alpha value is -0.725. The Labute approximate surface area is 80.8 Å². The molecule has 0 N–H and O–H groups in total. The summed E-state index contributed by atoms with van der Waals surface area (Å²) in [5.74, 6) is 0.475. The van der Waals surface area contributed by atoms with E-state index in [1.54, 1.807) is 0 Å². The van der Waals surface area contributed by atoms with Crippen LogP contribution in [0.3, 0.4) is 0 Å². The van der Waals surface area contributed by atoms with Crippen LogP contribution in [0.1, 0.15) is 32.6 Å². The second-order valence-corrected chi connectivity index (χ2v) is 3.70. The van der Waals surface area contributed by atoms with Crippen molar-refractivity contribution in [1.82, 2.24) is 0 Å². The number of allylic oxidation sites excluding steroid dienone is 2. The van der Waals surface area contributed by atoms with Crippen LogP contribution in [0.15, 0.2) is 11.5 Å². The van der Waals surface area contributed by atoms with Crippen molar-refractivity contribution >= 4 is 13.8 Å². The third-order valence-corrected chi connectivity index (χ3v) is 2.51. The smallest absolute Gasteiger partial charge is 0.306 e. The number of carbonyl (C=O) groups excluding carboxylic acids is 1. The van der Waals surface area contributed by atoms with E-state index in [1.807, 2.05) is 6.92 Å². The average Bonchev–Trinajstić information content (AvgIpc) is 2.09. The van der Waals surface area contributed by atoms with Gasteiger partial charge in [-0.2, -0.15) is 0 Å². The molecule has 1 rings (SSSR count). The Bertz CT molecular complexity index is 211. The van der Waals surface area contributed by atoms with Gasteiger partial charge >= 0.3 is 5.97 Å². The van der Waals surface area contributed by atoms with Crippen LogP contribution in [0.25, 0.3) is 0 Å². The Morgan fingerprint density at radius 3 is 3.08 bits per heavy atom. The molecule has 0 saturated carbocycles. The van der Waals surface area contributed by atoms with Gasteiger partial charge in [0, 0.05) is 6.42 Å². The van der Waals surface area contributed by atoms with Gasteiger partial charge in [-0.15, -0.1) is 5.47 Å². The van der Waals surface area contributed by atoms with Crippen LogP contribution in [-0.4, -0.2) is 20.4 Å². The molecule has 1 aliphatic carbocycles. The first-order chi connectivity index (χ1) is 6.22. The lowest BCUT2D eigenvalue weighted by molar-refractivity contribution is -0.144. The molecule has 1 atom stereocenters. The molecule has 0 saturated heterocycles. The normalized spacial score (nSPS) is 22.2. The van der Waals surface area contributed by atoms with Gasteiger partial charge in [0.2, 0.25) is 0 Å². The van der Waals surface area contributed by atoms with Gasteiger partial charge < -0.3 is 4.74 Å². The molecule has 1 aliphatic rings. The molecule has 0 aliphatic heterocycles. The molecule has 0 radical (unpaired) electrons. The topological polar surface area (TPSA) is 26.3 Å². The highest BCUT2D eigenvalue weighted by atomic mass is 16.5. The average molecular weight is 180 g/mol. The fourth-order valence-electron chi connectivity index (χ4n) is 1.66. The highest BCUT2D eigenvalue weighted by molar-refractivity contribution is 6.21. The summed E-state index contributed by atoms with van der Waals surface area (Å²) < 4.78 is 4.91. The zero-order valence-corrected chi connectivity index (χ0v) is 8.51. The molecule has 0 fully saturated rings. The van der Waals surface area contributed by atoms with E-state index in [0.29, 0.717) is 18.9 Å². The molecule has 0 aromatic heterocycles. The summed E-state index contributed by atoms with van der Waals surface area (Å²) in [5.41, 5.74) is 1.46. The molecule has 0 bridgehead atoms. The summed E-state index contributed by atoms with van der Waals surface area (Å²) in [6.07, 6.45) is 6.17. The summed E-state index contributed by atoms with van der Waals surface area (Å²) in [6, 6.07) is 0. The first-order valence-corrected chi connectivity index (χ1v) is 5.03. The van der Waals surface area contributed by atoms with E-state index in [0.717, 1.165) is 19.3 Å². The third-order valence-electron chi connectivity index (χ3n) is 2.51. The minimum atomic E-state index is -0.0412. The fraction of sp³-hybridized carbons (Fsp3) is 0.700. The number of rotatable bonds is 3. The van der Waals surface area contributed by atoms with Crippen LogP contribution in [0.4, 0.5) is 0 Å². The standard InChI is InChI=1S/C10H17BO2/c1-2-13-10(12)7-8-3-5-9(11)6-4-8/h5,8H,2-4,6-7,11H2,1H3. The van der Waals surface area contributed by atoms with Gasteiger partial charge in [0.05, 0.1) is 6.61 Å². The van der Waals surface area contributed by atoms with Gasteiger partial charge in [-0.3, -0.25) is 4.79 Å². The van der Waals surface area contributed by atoms with Gasteiger partial charge in [-0.05, 0) is 32.1 Å². The fourth-order valence-corrected chi connectivity index (χ4v) is 1.66. The van der Waals surface area contributed by atoms with Gasteiger partial charge in [0.25, 0.3) is 0 Å². The molecular weight excluding hydrogens is 163 g/mol. The molecule has 1 unspecified atom stereocenters. The molecule has 0 aromatic carbocycles. The number of ether oxygens (including phenoxy) is 1. The van der Waals surface area contributed by atoms with Crippen molar-refractivity contribution < 1.29 is 9.53 Å². The first kappa shape index (κ1) is 10.4. The molecule has 3 heteroatoms. The molecule has 72 valence electrons. The molecular formula is C10H17BO2. The van der Waals surface area contributed by atoms with Gasteiger partial charge in [0.15, 0.2) is 0 Å². The Kier molecular flexibility index (Phi) is 4.06. The highest BCUT2D eigenvalue weighted by Crippen LogP contribution is 2.24. The van der Waals surface area contributed by atoms with Crippen LogP contribution in [-0.2, 0) is 9.53 Å². The maximum atomic E-state index is 11.1. The van der Waals surface area contributed by atoms with Crippen molar-refractivity contribution in [2.24, 2.45) is 5.92 Å². The van der Waals surface area contributed by atoms with Crippen molar-refractivity contribution in [2.75, 3.05) is 6.61 Å². The predicted octanol–water partition coefficient (Wildman–Crippen LogP) is 1.26. The van der Waals surface area contributed by atoms with Crippen LogP contribution in [0.2, 0.25) is 0 Å². The van der Waals surface area contributed by atoms with E-state index in [9.17, 15) is 4.79 Å². The predicted molar refractivity (Wildman–Crippen MR) is 55.2 cm³/mol. The molecule has 0 spiro atoms. The van der Waals surface area contributed by atoms with Crippen molar-refractivity contribution in [3.05, 3.63) is 11.5 Å². The van der Waals surface area contributed by atoms with E-state index < -0.39 is 0 Å². The zero-order valence-electron chi connectivity index (χ0n) is 8.51. The lowest BCUT2D eigenvalue weighted by atomic mass is 9.80. The molecule has 2 nitrogen and oxygen atoms in total. The summed E-state index contributed by atoms with van der Waals surface area (Å²) in [4.78, 5) is 11.1. The molecule has 0 aromatic rings. The summed E-state index contributed by atoms with van der Waals surface area (Å²) >= 11 is 0. The summed E-state index contributed by atoms with van der Waals surface area (Å²) in [7, 11) is 2.15. The van der Waals surface area contributed by atoms with Crippen LogP contribution in [0, 0.1) is 5.92 Å². The Morgan fingerprint density at radius 1 is 1.77 bits per heavy atom. The van der Waals surface area contributed by atoms with Crippen LogP contribution in [0.5, 0.6) is 0 Å². The number of carbonyl (C=O) groups is 1. The van der Waals surface area contributed by atoms with Crippen molar-refractivity contribution in [3.8, 4) is 0 Å². The van der Waals surface area contributed by atoms with Crippen molar-refractivity contribution in [2.45, 2.75) is 32.6 Å². The Balaban J connectivity index is 2.27. The third kappa shape index (κ3) is 3.66. The molecule has 13 heavy (non-hydrogen) atoms. The minimum absolute atomic E-state index is 0.0412. The maximum absolute atomic E-state index is 11.1. The number of esters is 1. The van der Waals surface area contributed by atoms with E-state index in [2.05, 4.69) is 13.9 Å². The molecule has 0 heterocycles. The van der Waals surface area contributed by atoms with E-state index in [4.69, 9.17) is 4.74 Å². The summed E-state index contributed by atoms with van der Waals surface area (Å²) in [5, 5.41) is 0. The first-order valence-electron chi connectivity index (χ1n) is 5.03. The number of hydrogen-bond donors (Lipinski definition) is 0. The quantitative estimate of drug-likeness (QED) is 0.482.